The Balaban J connectivity index is 0.000000277. The van der Waals surface area contributed by atoms with Gasteiger partial charge in [0.1, 0.15) is 6.61 Å². The molecule has 2 rings (SSSR count). The van der Waals surface area contributed by atoms with E-state index in [1.54, 1.807) is 13.2 Å². The number of carbonyl (C=O) groups is 1. The predicted molar refractivity (Wildman–Crippen MR) is 92.2 cm³/mol. The molecule has 0 spiro atoms. The fourth-order valence-corrected chi connectivity index (χ4v) is 1.54. The highest BCUT2D eigenvalue weighted by atomic mass is 16.6. The summed E-state index contributed by atoms with van der Waals surface area (Å²) >= 11 is 0. The molecule has 0 aliphatic heterocycles. The van der Waals surface area contributed by atoms with Crippen molar-refractivity contribution in [3.8, 4) is 11.5 Å². The molecule has 128 valence electrons. The number of esters is 1. The van der Waals surface area contributed by atoms with E-state index in [4.69, 9.17) is 4.42 Å². The third-order valence-corrected chi connectivity index (χ3v) is 2.75. The molecule has 0 radical (unpaired) electrons. The number of benzene rings is 1. The number of hydrogen-bond acceptors (Lipinski definition) is 6. The summed E-state index contributed by atoms with van der Waals surface area (Å²) in [7, 11) is 1.54. The van der Waals surface area contributed by atoms with Gasteiger partial charge in [0.05, 0.1) is 6.61 Å². The van der Waals surface area contributed by atoms with Gasteiger partial charge >= 0.3 is 5.97 Å². The van der Waals surface area contributed by atoms with Crippen LogP contribution in [0.2, 0.25) is 0 Å². The van der Waals surface area contributed by atoms with Crippen LogP contribution in [0.4, 0.5) is 0 Å². The predicted octanol–water partition coefficient (Wildman–Crippen LogP) is 3.44. The molecule has 1 heterocycles. The number of allylic oxidation sites excluding steroid dienone is 1. The van der Waals surface area contributed by atoms with Crippen LogP contribution in [0, 0.1) is 6.92 Å². The molecule has 1 aromatic heterocycles. The van der Waals surface area contributed by atoms with Gasteiger partial charge in [-0.15, -0.1) is 10.2 Å². The normalized spacial score (nSPS) is 10.1. The summed E-state index contributed by atoms with van der Waals surface area (Å²) in [6.45, 7) is 7.90. The summed E-state index contributed by atoms with van der Waals surface area (Å²) in [5.41, 5.74) is 2.16. The van der Waals surface area contributed by atoms with Gasteiger partial charge in [-0.2, -0.15) is 0 Å². The van der Waals surface area contributed by atoms with Crippen molar-refractivity contribution in [2.45, 2.75) is 13.8 Å². The lowest BCUT2D eigenvalue weighted by Crippen LogP contribution is -2.06. The number of methoxy groups -OCH3 is 1. The minimum Gasteiger partial charge on any atom is -0.460 e. The van der Waals surface area contributed by atoms with Gasteiger partial charge in [-0.05, 0) is 32.1 Å². The van der Waals surface area contributed by atoms with Crippen molar-refractivity contribution >= 4 is 12.0 Å². The van der Waals surface area contributed by atoms with E-state index in [1.165, 1.54) is 5.56 Å². The summed E-state index contributed by atoms with van der Waals surface area (Å²) in [5.74, 6) is 0.684. The van der Waals surface area contributed by atoms with Crippen molar-refractivity contribution in [1.29, 1.82) is 0 Å². The third kappa shape index (κ3) is 7.02. The van der Waals surface area contributed by atoms with Crippen LogP contribution in [0.15, 0.2) is 47.4 Å². The molecule has 0 amide bonds. The summed E-state index contributed by atoms with van der Waals surface area (Å²) < 4.78 is 14.6. The van der Waals surface area contributed by atoms with E-state index in [-0.39, 0.29) is 0 Å². The minimum atomic E-state index is -0.410. The number of nitrogens with zero attached hydrogens (tertiary/aromatic N) is 2. The molecular weight excluding hydrogens is 308 g/mol. The summed E-state index contributed by atoms with van der Waals surface area (Å²) in [6.07, 6.45) is 4.77. The lowest BCUT2D eigenvalue weighted by atomic mass is 10.1. The van der Waals surface area contributed by atoms with Gasteiger partial charge in [-0.3, -0.25) is 0 Å². The average molecular weight is 330 g/mol. The first kappa shape index (κ1) is 19.3. The molecule has 0 fully saturated rings. The van der Waals surface area contributed by atoms with Crippen LogP contribution in [0.3, 0.4) is 0 Å². The largest absolute Gasteiger partial charge is 0.460 e. The zero-order chi connectivity index (χ0) is 17.8. The van der Waals surface area contributed by atoms with Crippen LogP contribution < -0.4 is 0 Å². The second-order valence-corrected chi connectivity index (χ2v) is 4.68. The molecule has 0 bridgehead atoms. The molecule has 0 unspecified atom stereocenters. The summed E-state index contributed by atoms with van der Waals surface area (Å²) in [5, 5.41) is 7.87. The molecule has 6 heteroatoms. The number of aromatic nitrogens is 2. The van der Waals surface area contributed by atoms with Gasteiger partial charge in [0.2, 0.25) is 11.8 Å². The fraction of sp³-hybridized carbons (Fsp3) is 0.278. The Kier molecular flexibility index (Phi) is 8.78. The highest BCUT2D eigenvalue weighted by molar-refractivity contribution is 5.81. The zero-order valence-electron chi connectivity index (χ0n) is 14.2. The SMILES string of the molecule is C/C=C/c1nnc(-c2ccc(C)cc2)o1.C=CC(=O)OCCOC. The van der Waals surface area contributed by atoms with Crippen LogP contribution in [0.5, 0.6) is 0 Å². The van der Waals surface area contributed by atoms with Gasteiger partial charge in [0.15, 0.2) is 0 Å². The van der Waals surface area contributed by atoms with Crippen molar-refractivity contribution in [3.63, 3.8) is 0 Å². The molecule has 6 nitrogen and oxygen atoms in total. The van der Waals surface area contributed by atoms with Gasteiger partial charge in [-0.1, -0.05) is 30.4 Å². The standard InChI is InChI=1S/C12H12N2O.C6H10O3/c1-3-4-11-13-14-12(15-11)10-7-5-9(2)6-8-10;1-3-6(7)9-5-4-8-2/h3-8H,1-2H3;3H,1,4-5H2,2H3/b4-3+;. The number of rotatable bonds is 6. The van der Waals surface area contributed by atoms with E-state index in [0.29, 0.717) is 25.0 Å². The van der Waals surface area contributed by atoms with Crippen LogP contribution in [0.1, 0.15) is 18.4 Å². The van der Waals surface area contributed by atoms with Crippen LogP contribution in [0.25, 0.3) is 17.5 Å². The smallest absolute Gasteiger partial charge is 0.330 e. The van der Waals surface area contributed by atoms with Gasteiger partial charge < -0.3 is 13.9 Å². The first-order valence-corrected chi connectivity index (χ1v) is 7.42. The number of carbonyl (C=O) groups excluding carboxylic acids is 1. The first-order chi connectivity index (χ1) is 11.6. The molecule has 2 aromatic rings. The quantitative estimate of drug-likeness (QED) is 0.459. The minimum absolute atomic E-state index is 0.293. The lowest BCUT2D eigenvalue weighted by molar-refractivity contribution is -0.138. The Bertz CT molecular complexity index is 660. The Labute approximate surface area is 141 Å². The maximum Gasteiger partial charge on any atom is 0.330 e. The molecule has 0 atom stereocenters. The van der Waals surface area contributed by atoms with E-state index in [0.717, 1.165) is 11.6 Å². The van der Waals surface area contributed by atoms with Crippen molar-refractivity contribution in [1.82, 2.24) is 10.2 Å². The second kappa shape index (κ2) is 10.9. The van der Waals surface area contributed by atoms with Gasteiger partial charge in [-0.25, -0.2) is 4.79 Å². The molecule has 0 aliphatic carbocycles. The van der Waals surface area contributed by atoms with E-state index >= 15 is 0 Å². The van der Waals surface area contributed by atoms with E-state index in [2.05, 4.69) is 26.3 Å². The average Bonchev–Trinajstić information content (AvgIpc) is 3.05. The molecule has 0 aliphatic rings. The van der Waals surface area contributed by atoms with E-state index < -0.39 is 5.97 Å². The maximum absolute atomic E-state index is 10.3. The van der Waals surface area contributed by atoms with E-state index in [1.807, 2.05) is 44.2 Å². The fourth-order valence-electron chi connectivity index (χ4n) is 1.54. The highest BCUT2D eigenvalue weighted by Gasteiger charge is 2.05. The second-order valence-electron chi connectivity index (χ2n) is 4.68. The van der Waals surface area contributed by atoms with Crippen LogP contribution in [-0.4, -0.2) is 36.5 Å². The summed E-state index contributed by atoms with van der Waals surface area (Å²) in [4.78, 5) is 10.3. The molecule has 0 saturated heterocycles. The monoisotopic (exact) mass is 330 g/mol. The van der Waals surface area contributed by atoms with Crippen molar-refractivity contribution < 1.29 is 18.7 Å². The van der Waals surface area contributed by atoms with Crippen molar-refractivity contribution in [3.05, 3.63) is 54.5 Å². The third-order valence-electron chi connectivity index (χ3n) is 2.75. The summed E-state index contributed by atoms with van der Waals surface area (Å²) in [6, 6.07) is 7.99. The van der Waals surface area contributed by atoms with Crippen LogP contribution >= 0.6 is 0 Å². The van der Waals surface area contributed by atoms with Gasteiger partial charge in [0.25, 0.3) is 0 Å². The molecule has 0 saturated carbocycles. The highest BCUT2D eigenvalue weighted by Crippen LogP contribution is 2.18. The zero-order valence-corrected chi connectivity index (χ0v) is 14.2. The molecular formula is C18H22N2O4. The molecule has 24 heavy (non-hydrogen) atoms. The van der Waals surface area contributed by atoms with Gasteiger partial charge in [0, 0.05) is 18.7 Å². The van der Waals surface area contributed by atoms with Crippen molar-refractivity contribution in [2.24, 2.45) is 0 Å². The lowest BCUT2D eigenvalue weighted by Gasteiger charge is -1.98. The molecule has 1 aromatic carbocycles. The maximum atomic E-state index is 10.3. The number of ether oxygens (including phenoxy) is 2. The van der Waals surface area contributed by atoms with Crippen LogP contribution in [-0.2, 0) is 14.3 Å². The Hall–Kier alpha value is -2.73. The Morgan fingerprint density at radius 1 is 1.25 bits per heavy atom. The van der Waals surface area contributed by atoms with Crippen molar-refractivity contribution in [2.75, 3.05) is 20.3 Å². The Morgan fingerprint density at radius 3 is 2.54 bits per heavy atom. The Morgan fingerprint density at radius 2 is 1.96 bits per heavy atom. The first-order valence-electron chi connectivity index (χ1n) is 7.42. The number of hydrogen-bond donors (Lipinski definition) is 0. The molecule has 0 N–H and O–H groups in total. The number of aryl methyl sites for hydroxylation is 1. The topological polar surface area (TPSA) is 74.5 Å². The van der Waals surface area contributed by atoms with E-state index in [9.17, 15) is 4.79 Å².